The molecular weight excluding hydrogens is 577 g/mol. The first-order chi connectivity index (χ1) is 22.2. The third-order valence-corrected chi connectivity index (χ3v) is 9.49. The van der Waals surface area contributed by atoms with E-state index in [-0.39, 0.29) is 11.9 Å². The van der Waals surface area contributed by atoms with Crippen molar-refractivity contribution in [3.63, 3.8) is 0 Å². The summed E-state index contributed by atoms with van der Waals surface area (Å²) in [6, 6.07) is 40.2. The number of amides is 1. The number of thioether (sulfide) groups is 1. The number of hydrogen-bond donors (Lipinski definition) is 0. The Bertz CT molecular complexity index is 1830. The van der Waals surface area contributed by atoms with Crippen molar-refractivity contribution in [1.82, 2.24) is 29.5 Å². The van der Waals surface area contributed by atoms with Crippen LogP contribution >= 0.6 is 11.8 Å². The summed E-state index contributed by atoms with van der Waals surface area (Å²) >= 11 is 1.57. The first-order valence-corrected chi connectivity index (χ1v) is 16.6. The number of carbonyl (C=O) groups excluding carboxylic acids is 1. The molecule has 6 aromatic rings. The Morgan fingerprint density at radius 3 is 2.04 bits per heavy atom. The number of hydrogen-bond acceptors (Lipinski definition) is 6. The summed E-state index contributed by atoms with van der Waals surface area (Å²) in [5, 5.41) is 10.7. The summed E-state index contributed by atoms with van der Waals surface area (Å²) < 4.78 is 2.22. The average molecular weight is 613 g/mol. The number of piperazine rings is 1. The van der Waals surface area contributed by atoms with Crippen LogP contribution in [0.2, 0.25) is 0 Å². The van der Waals surface area contributed by atoms with Crippen molar-refractivity contribution in [2.75, 3.05) is 31.9 Å². The predicted molar refractivity (Wildman–Crippen MR) is 181 cm³/mol. The van der Waals surface area contributed by atoms with Gasteiger partial charge in [0.2, 0.25) is 11.1 Å². The van der Waals surface area contributed by atoms with Crippen molar-refractivity contribution in [2.24, 2.45) is 0 Å². The maximum Gasteiger partial charge on any atom is 0.222 e. The molecule has 0 spiro atoms. The number of benzene rings is 4. The van der Waals surface area contributed by atoms with E-state index in [1.54, 1.807) is 11.8 Å². The van der Waals surface area contributed by atoms with E-state index in [1.165, 1.54) is 16.7 Å². The Balaban J connectivity index is 0.957. The third kappa shape index (κ3) is 6.48. The molecule has 1 amide bonds. The maximum atomic E-state index is 13.2. The summed E-state index contributed by atoms with van der Waals surface area (Å²) in [5.74, 6) is 0.991. The zero-order valence-electron chi connectivity index (χ0n) is 25.2. The van der Waals surface area contributed by atoms with Gasteiger partial charge in [-0.25, -0.2) is 4.98 Å². The van der Waals surface area contributed by atoms with Gasteiger partial charge in [-0.15, -0.1) is 10.2 Å². The quantitative estimate of drug-likeness (QED) is 0.125. The van der Waals surface area contributed by atoms with Gasteiger partial charge in [0.25, 0.3) is 0 Å². The second kappa shape index (κ2) is 13.6. The molecule has 0 radical (unpaired) electrons. The first kappa shape index (κ1) is 29.2. The van der Waals surface area contributed by atoms with Gasteiger partial charge in [0.1, 0.15) is 5.52 Å². The highest BCUT2D eigenvalue weighted by molar-refractivity contribution is 7.99. The van der Waals surface area contributed by atoms with E-state index in [0.717, 1.165) is 60.4 Å². The SMILES string of the molecule is O=C(CCCSc1nnc2c3ccccc3n(Cc3ccccc3)c2n1)N1CCN(C(c2ccccc2)c2ccccc2)CC1. The van der Waals surface area contributed by atoms with Crippen molar-refractivity contribution in [2.45, 2.75) is 30.6 Å². The zero-order chi connectivity index (χ0) is 30.4. The fourth-order valence-electron chi connectivity index (χ4n) is 6.34. The number of para-hydroxylation sites is 1. The lowest BCUT2D eigenvalue weighted by Gasteiger charge is -2.40. The standard InChI is InChI=1S/C37H36N6OS/c44-33(41-22-24-42(25-23-41)35(29-15-6-2-7-16-29)30-17-8-3-9-18-30)21-12-26-45-37-38-36-34(39-40-37)31-19-10-11-20-32(31)43(36)27-28-13-4-1-5-14-28/h1-11,13-20,35H,12,21-27H2. The van der Waals surface area contributed by atoms with Crippen LogP contribution in [0.5, 0.6) is 0 Å². The van der Waals surface area contributed by atoms with Crippen molar-refractivity contribution in [1.29, 1.82) is 0 Å². The van der Waals surface area contributed by atoms with Gasteiger partial charge in [-0.3, -0.25) is 9.69 Å². The number of rotatable bonds is 10. The van der Waals surface area contributed by atoms with Crippen molar-refractivity contribution in [3.8, 4) is 0 Å². The van der Waals surface area contributed by atoms with E-state index in [2.05, 4.69) is 117 Å². The van der Waals surface area contributed by atoms with Crippen LogP contribution in [0, 0.1) is 0 Å². The van der Waals surface area contributed by atoms with Crippen LogP contribution in [0.1, 0.15) is 35.6 Å². The molecular formula is C37H36N6OS. The van der Waals surface area contributed by atoms with E-state index in [0.29, 0.717) is 18.1 Å². The van der Waals surface area contributed by atoms with Crippen molar-refractivity contribution < 1.29 is 4.79 Å². The molecule has 226 valence electrons. The fraction of sp³-hybridized carbons (Fsp3) is 0.243. The smallest absolute Gasteiger partial charge is 0.222 e. The Labute approximate surface area is 267 Å². The van der Waals surface area contributed by atoms with E-state index >= 15 is 0 Å². The topological polar surface area (TPSA) is 67.2 Å². The summed E-state index contributed by atoms with van der Waals surface area (Å²) in [6.45, 7) is 3.92. The Morgan fingerprint density at radius 2 is 1.36 bits per heavy atom. The molecule has 45 heavy (non-hydrogen) atoms. The molecule has 0 atom stereocenters. The molecule has 0 bridgehead atoms. The largest absolute Gasteiger partial charge is 0.340 e. The van der Waals surface area contributed by atoms with Gasteiger partial charge in [-0.05, 0) is 29.2 Å². The fourth-order valence-corrected chi connectivity index (χ4v) is 7.06. The Hall–Kier alpha value is -4.53. The van der Waals surface area contributed by atoms with Gasteiger partial charge in [-0.2, -0.15) is 0 Å². The van der Waals surface area contributed by atoms with Gasteiger partial charge in [0.15, 0.2) is 5.65 Å². The minimum absolute atomic E-state index is 0.193. The van der Waals surface area contributed by atoms with E-state index in [9.17, 15) is 4.79 Å². The molecule has 7 rings (SSSR count). The van der Waals surface area contributed by atoms with Crippen LogP contribution in [0.4, 0.5) is 0 Å². The molecule has 2 aromatic heterocycles. The molecule has 1 aliphatic heterocycles. The van der Waals surface area contributed by atoms with Gasteiger partial charge >= 0.3 is 0 Å². The minimum atomic E-state index is 0.193. The van der Waals surface area contributed by atoms with E-state index in [4.69, 9.17) is 4.98 Å². The number of fused-ring (bicyclic) bond motifs is 3. The van der Waals surface area contributed by atoms with Crippen LogP contribution in [-0.4, -0.2) is 67.4 Å². The molecule has 1 aliphatic rings. The summed E-state index contributed by atoms with van der Waals surface area (Å²) in [7, 11) is 0. The second-order valence-electron chi connectivity index (χ2n) is 11.4. The van der Waals surface area contributed by atoms with E-state index in [1.807, 2.05) is 23.1 Å². The maximum absolute atomic E-state index is 13.2. The minimum Gasteiger partial charge on any atom is -0.340 e. The van der Waals surface area contributed by atoms with Gasteiger partial charge in [0, 0.05) is 50.3 Å². The lowest BCUT2D eigenvalue weighted by Crippen LogP contribution is -2.49. The van der Waals surface area contributed by atoms with Gasteiger partial charge in [-0.1, -0.05) is 121 Å². The monoisotopic (exact) mass is 612 g/mol. The Kier molecular flexibility index (Phi) is 8.84. The van der Waals surface area contributed by atoms with Gasteiger partial charge in [0.05, 0.1) is 11.6 Å². The molecule has 7 nitrogen and oxygen atoms in total. The molecule has 0 aliphatic carbocycles. The van der Waals surface area contributed by atoms with Crippen LogP contribution in [-0.2, 0) is 11.3 Å². The van der Waals surface area contributed by atoms with Crippen LogP contribution in [0.3, 0.4) is 0 Å². The first-order valence-electron chi connectivity index (χ1n) is 15.6. The summed E-state index contributed by atoms with van der Waals surface area (Å²) in [6.07, 6.45) is 1.30. The molecule has 1 saturated heterocycles. The average Bonchev–Trinajstić information content (AvgIpc) is 3.41. The van der Waals surface area contributed by atoms with Crippen LogP contribution in [0.25, 0.3) is 22.1 Å². The molecule has 4 aromatic carbocycles. The molecule has 8 heteroatoms. The van der Waals surface area contributed by atoms with Crippen LogP contribution in [0.15, 0.2) is 120 Å². The second-order valence-corrected chi connectivity index (χ2v) is 12.5. The zero-order valence-corrected chi connectivity index (χ0v) is 26.0. The van der Waals surface area contributed by atoms with E-state index < -0.39 is 0 Å². The number of carbonyl (C=O) groups is 1. The molecule has 0 N–H and O–H groups in total. The van der Waals surface area contributed by atoms with Gasteiger partial charge < -0.3 is 9.47 Å². The summed E-state index contributed by atoms with van der Waals surface area (Å²) in [5.41, 5.74) is 6.55. The molecule has 0 unspecified atom stereocenters. The van der Waals surface area contributed by atoms with Crippen molar-refractivity contribution >= 4 is 39.7 Å². The lowest BCUT2D eigenvalue weighted by molar-refractivity contribution is -0.133. The summed E-state index contributed by atoms with van der Waals surface area (Å²) in [4.78, 5) is 22.6. The number of nitrogens with zero attached hydrogens (tertiary/aromatic N) is 6. The number of aromatic nitrogens is 4. The third-order valence-electron chi connectivity index (χ3n) is 8.57. The highest BCUT2D eigenvalue weighted by Crippen LogP contribution is 2.30. The molecule has 0 saturated carbocycles. The molecule has 1 fully saturated rings. The highest BCUT2D eigenvalue weighted by Gasteiger charge is 2.28. The highest BCUT2D eigenvalue weighted by atomic mass is 32.2. The molecule has 3 heterocycles. The predicted octanol–water partition coefficient (Wildman–Crippen LogP) is 6.83. The van der Waals surface area contributed by atoms with Crippen LogP contribution < -0.4 is 0 Å². The normalized spacial score (nSPS) is 14.0. The van der Waals surface area contributed by atoms with Crippen molar-refractivity contribution in [3.05, 3.63) is 132 Å². The lowest BCUT2D eigenvalue weighted by atomic mass is 9.96. The Morgan fingerprint density at radius 1 is 0.733 bits per heavy atom.